The molecule has 1 heterocycles. The molecule has 0 aromatic heterocycles. The van der Waals surface area contributed by atoms with Crippen molar-refractivity contribution in [1.29, 1.82) is 0 Å². The van der Waals surface area contributed by atoms with Gasteiger partial charge in [0, 0.05) is 11.2 Å². The molecular formula is C7H7NS2. The van der Waals surface area contributed by atoms with Gasteiger partial charge in [0.05, 0.1) is 5.69 Å². The fraction of sp³-hybridized carbons (Fsp3) is 0.143. The van der Waals surface area contributed by atoms with Crippen LogP contribution >= 0.6 is 10.8 Å². The molecule has 0 saturated heterocycles. The third kappa shape index (κ3) is 0.995. The summed E-state index contributed by atoms with van der Waals surface area (Å²) in [4.78, 5) is 1.33. The van der Waals surface area contributed by atoms with E-state index in [0.29, 0.717) is 0 Å². The first-order valence-corrected chi connectivity index (χ1v) is 5.94. The Labute approximate surface area is 66.3 Å². The van der Waals surface area contributed by atoms with Crippen LogP contribution in [-0.4, -0.2) is 6.26 Å². The van der Waals surface area contributed by atoms with Gasteiger partial charge >= 0.3 is 0 Å². The molecular weight excluding hydrogens is 162 g/mol. The molecule has 1 aliphatic heterocycles. The second kappa shape index (κ2) is 2.40. The highest BCUT2D eigenvalue weighted by atomic mass is 33.1. The van der Waals surface area contributed by atoms with E-state index < -0.39 is 0 Å². The molecule has 1 aromatic rings. The number of benzene rings is 1. The van der Waals surface area contributed by atoms with Crippen molar-refractivity contribution in [2.45, 2.75) is 4.90 Å². The lowest BCUT2D eigenvalue weighted by molar-refractivity contribution is 1.42. The van der Waals surface area contributed by atoms with Crippen LogP contribution < -0.4 is 0 Å². The van der Waals surface area contributed by atoms with Crippen molar-refractivity contribution in [3.8, 4) is 0 Å². The smallest absolute Gasteiger partial charge is 0.0857 e. The second-order valence-electron chi connectivity index (χ2n) is 2.07. The Morgan fingerprint density at radius 1 is 1.40 bits per heavy atom. The number of hydrogen-bond donors (Lipinski definition) is 0. The van der Waals surface area contributed by atoms with Crippen molar-refractivity contribution < 1.29 is 0 Å². The molecule has 52 valence electrons. The van der Waals surface area contributed by atoms with Crippen molar-refractivity contribution in [2.75, 3.05) is 6.26 Å². The van der Waals surface area contributed by atoms with Crippen LogP contribution in [-0.2, 0) is 9.72 Å². The second-order valence-corrected chi connectivity index (χ2v) is 5.65. The standard InChI is InChI=1S/C7H7NS2/c1-10-8-6-4-2-3-5-7(6)9-10/h2-5H,1H3. The molecule has 3 heteroatoms. The molecule has 0 N–H and O–H groups in total. The van der Waals surface area contributed by atoms with Crippen molar-refractivity contribution in [1.82, 2.24) is 0 Å². The zero-order chi connectivity index (χ0) is 6.97. The van der Waals surface area contributed by atoms with Crippen LogP contribution in [0.15, 0.2) is 33.5 Å². The summed E-state index contributed by atoms with van der Waals surface area (Å²) in [5.41, 5.74) is 1.17. The van der Waals surface area contributed by atoms with Crippen LogP contribution in [0.1, 0.15) is 0 Å². The lowest BCUT2D eigenvalue weighted by Crippen LogP contribution is -1.64. The molecule has 0 saturated carbocycles. The van der Waals surface area contributed by atoms with E-state index >= 15 is 0 Å². The first-order chi connectivity index (χ1) is 4.86. The van der Waals surface area contributed by atoms with E-state index in [0.717, 1.165) is 0 Å². The van der Waals surface area contributed by atoms with Crippen LogP contribution in [0.3, 0.4) is 0 Å². The summed E-state index contributed by atoms with van der Waals surface area (Å²) in [6, 6.07) is 8.29. The predicted octanol–water partition coefficient (Wildman–Crippen LogP) is 2.77. The molecule has 1 aromatic carbocycles. The highest BCUT2D eigenvalue weighted by Gasteiger charge is 2.08. The van der Waals surface area contributed by atoms with Gasteiger partial charge in [0.15, 0.2) is 0 Å². The minimum atomic E-state index is 0.172. The van der Waals surface area contributed by atoms with E-state index in [1.165, 1.54) is 10.6 Å². The van der Waals surface area contributed by atoms with Crippen molar-refractivity contribution >= 4 is 26.2 Å². The highest BCUT2D eigenvalue weighted by Crippen LogP contribution is 2.38. The summed E-state index contributed by atoms with van der Waals surface area (Å²) in [6.07, 6.45) is 2.14. The summed E-state index contributed by atoms with van der Waals surface area (Å²) in [7, 11) is 2.02. The number of rotatable bonds is 0. The lowest BCUT2D eigenvalue weighted by Gasteiger charge is -1.90. The lowest BCUT2D eigenvalue weighted by atomic mass is 10.3. The van der Waals surface area contributed by atoms with Crippen molar-refractivity contribution in [3.63, 3.8) is 0 Å². The summed E-state index contributed by atoms with van der Waals surface area (Å²) in [6.45, 7) is 0. The van der Waals surface area contributed by atoms with Gasteiger partial charge in [-0.2, -0.15) is 0 Å². The quantitative estimate of drug-likeness (QED) is 0.544. The molecule has 0 spiro atoms. The third-order valence-electron chi connectivity index (χ3n) is 1.30. The zero-order valence-electron chi connectivity index (χ0n) is 5.57. The maximum absolute atomic E-state index is 4.44. The van der Waals surface area contributed by atoms with Crippen LogP contribution in [0, 0.1) is 0 Å². The summed E-state index contributed by atoms with van der Waals surface area (Å²) >= 11 is 0. The van der Waals surface area contributed by atoms with Gasteiger partial charge < -0.3 is 0 Å². The molecule has 10 heavy (non-hydrogen) atoms. The average molecular weight is 169 g/mol. The van der Waals surface area contributed by atoms with E-state index in [9.17, 15) is 0 Å². The summed E-state index contributed by atoms with van der Waals surface area (Å²) in [5.74, 6) is 0. The van der Waals surface area contributed by atoms with Gasteiger partial charge in [0.1, 0.15) is 0 Å². The Morgan fingerprint density at radius 3 is 3.00 bits per heavy atom. The fourth-order valence-corrected chi connectivity index (χ4v) is 3.57. The minimum Gasteiger partial charge on any atom is -0.216 e. The van der Waals surface area contributed by atoms with Gasteiger partial charge in [0.25, 0.3) is 0 Å². The summed E-state index contributed by atoms with van der Waals surface area (Å²) in [5, 5.41) is 0. The first kappa shape index (κ1) is 6.43. The monoisotopic (exact) mass is 169 g/mol. The normalized spacial score (nSPS) is 21.9. The molecule has 0 bridgehead atoms. The van der Waals surface area contributed by atoms with Gasteiger partial charge in [0.2, 0.25) is 0 Å². The van der Waals surface area contributed by atoms with E-state index in [1.807, 2.05) is 16.9 Å². The Hall–Kier alpha value is -0.280. The highest BCUT2D eigenvalue weighted by molar-refractivity contribution is 8.70. The van der Waals surface area contributed by atoms with Crippen LogP contribution in [0.2, 0.25) is 0 Å². The predicted molar refractivity (Wildman–Crippen MR) is 47.7 cm³/mol. The van der Waals surface area contributed by atoms with Crippen molar-refractivity contribution in [2.24, 2.45) is 4.36 Å². The minimum absolute atomic E-state index is 0.172. The van der Waals surface area contributed by atoms with Crippen LogP contribution in [0.4, 0.5) is 5.69 Å². The zero-order valence-corrected chi connectivity index (χ0v) is 7.21. The molecule has 0 radical (unpaired) electrons. The fourth-order valence-electron chi connectivity index (χ4n) is 0.890. The largest absolute Gasteiger partial charge is 0.216 e. The Morgan fingerprint density at radius 2 is 2.20 bits per heavy atom. The number of nitrogens with zero attached hydrogens (tertiary/aromatic N) is 1. The number of hydrogen-bond acceptors (Lipinski definition) is 2. The molecule has 2 rings (SSSR count). The van der Waals surface area contributed by atoms with E-state index in [-0.39, 0.29) is 9.72 Å². The molecule has 1 atom stereocenters. The molecule has 0 fully saturated rings. The topological polar surface area (TPSA) is 12.4 Å². The molecule has 0 amide bonds. The molecule has 1 unspecified atom stereocenters. The van der Waals surface area contributed by atoms with E-state index in [4.69, 9.17) is 0 Å². The first-order valence-electron chi connectivity index (χ1n) is 3.01. The molecule has 1 nitrogen and oxygen atoms in total. The SMILES string of the molecule is CS1=Nc2ccccc2S1. The molecule has 0 aliphatic carbocycles. The Balaban J connectivity index is 2.54. The van der Waals surface area contributed by atoms with E-state index in [2.05, 4.69) is 28.8 Å². The number of fused-ring (bicyclic) bond motifs is 1. The van der Waals surface area contributed by atoms with Gasteiger partial charge in [-0.15, -0.1) is 0 Å². The Kier molecular flexibility index (Phi) is 1.54. The van der Waals surface area contributed by atoms with Gasteiger partial charge in [-0.1, -0.05) is 12.1 Å². The van der Waals surface area contributed by atoms with Crippen molar-refractivity contribution in [3.05, 3.63) is 24.3 Å². The van der Waals surface area contributed by atoms with E-state index in [1.54, 1.807) is 0 Å². The van der Waals surface area contributed by atoms with Gasteiger partial charge in [-0.3, -0.25) is 0 Å². The molecule has 1 aliphatic rings. The van der Waals surface area contributed by atoms with Gasteiger partial charge in [-0.25, -0.2) is 4.36 Å². The summed E-state index contributed by atoms with van der Waals surface area (Å²) < 4.78 is 4.44. The maximum atomic E-state index is 4.44. The Bertz CT molecular complexity index is 293. The van der Waals surface area contributed by atoms with Gasteiger partial charge in [-0.05, 0) is 32.6 Å². The maximum Gasteiger partial charge on any atom is 0.0857 e. The average Bonchev–Trinajstić information content (AvgIpc) is 2.27. The van der Waals surface area contributed by atoms with Crippen LogP contribution in [0.25, 0.3) is 0 Å². The van der Waals surface area contributed by atoms with Crippen LogP contribution in [0.5, 0.6) is 0 Å². The third-order valence-corrected chi connectivity index (χ3v) is 4.01.